The summed E-state index contributed by atoms with van der Waals surface area (Å²) in [5.41, 5.74) is 0.258. The molecule has 0 aromatic carbocycles. The Kier molecular flexibility index (Phi) is 5.77. The summed E-state index contributed by atoms with van der Waals surface area (Å²) < 4.78 is 0. The third-order valence-corrected chi connectivity index (χ3v) is 7.75. The van der Waals surface area contributed by atoms with Crippen LogP contribution in [-0.4, -0.2) is 60.9 Å². The zero-order valence-electron chi connectivity index (χ0n) is 17.0. The highest BCUT2D eigenvalue weighted by molar-refractivity contribution is 5.83. The van der Waals surface area contributed by atoms with Crippen LogP contribution in [0.2, 0.25) is 0 Å². The van der Waals surface area contributed by atoms with Gasteiger partial charge in [-0.15, -0.1) is 0 Å². The lowest BCUT2D eigenvalue weighted by atomic mass is 9.87. The SMILES string of the molecule is CN(C(=O)C1CC12CCN(CC(=O)NCCC1CCCCC1)CC2)C1CC1. The fourth-order valence-corrected chi connectivity index (χ4v) is 5.44. The second-order valence-electron chi connectivity index (χ2n) is 9.72. The van der Waals surface area contributed by atoms with E-state index < -0.39 is 0 Å². The Morgan fingerprint density at radius 3 is 2.44 bits per heavy atom. The van der Waals surface area contributed by atoms with Gasteiger partial charge >= 0.3 is 0 Å². The summed E-state index contributed by atoms with van der Waals surface area (Å²) in [5, 5.41) is 3.13. The molecule has 0 aromatic heterocycles. The molecular weight excluding hydrogens is 338 g/mol. The largest absolute Gasteiger partial charge is 0.355 e. The average Bonchev–Trinajstić information content (AvgIpc) is 3.60. The molecule has 1 aliphatic heterocycles. The number of hydrogen-bond acceptors (Lipinski definition) is 3. The van der Waals surface area contributed by atoms with Gasteiger partial charge in [0.2, 0.25) is 11.8 Å². The van der Waals surface area contributed by atoms with E-state index in [1.807, 2.05) is 11.9 Å². The number of piperidine rings is 1. The van der Waals surface area contributed by atoms with E-state index in [1.165, 1.54) is 44.9 Å². The molecule has 4 aliphatic rings. The highest BCUT2D eigenvalue weighted by atomic mass is 16.2. The number of hydrogen-bond donors (Lipinski definition) is 1. The normalized spacial score (nSPS) is 28.1. The fraction of sp³-hybridized carbons (Fsp3) is 0.909. The molecule has 1 N–H and O–H groups in total. The number of carbonyl (C=O) groups excluding carboxylic acids is 2. The van der Waals surface area contributed by atoms with Crippen LogP contribution in [0.25, 0.3) is 0 Å². The van der Waals surface area contributed by atoms with Gasteiger partial charge in [-0.25, -0.2) is 0 Å². The molecule has 5 heteroatoms. The predicted molar refractivity (Wildman–Crippen MR) is 106 cm³/mol. The Balaban J connectivity index is 1.12. The molecule has 3 aliphatic carbocycles. The van der Waals surface area contributed by atoms with Crippen molar-refractivity contribution in [2.45, 2.75) is 76.7 Å². The second-order valence-corrected chi connectivity index (χ2v) is 9.72. The minimum atomic E-state index is 0.179. The number of likely N-dealkylation sites (tertiary alicyclic amines) is 1. The van der Waals surface area contributed by atoms with Gasteiger partial charge in [-0.05, 0) is 62.9 Å². The molecule has 0 radical (unpaired) electrons. The van der Waals surface area contributed by atoms with Crippen LogP contribution in [0.1, 0.15) is 70.6 Å². The maximum atomic E-state index is 12.6. The van der Waals surface area contributed by atoms with Crippen molar-refractivity contribution in [2.75, 3.05) is 33.2 Å². The van der Waals surface area contributed by atoms with Crippen molar-refractivity contribution in [3.8, 4) is 0 Å². The van der Waals surface area contributed by atoms with Gasteiger partial charge in [-0.1, -0.05) is 32.1 Å². The molecular formula is C22H37N3O2. The van der Waals surface area contributed by atoms with Crippen LogP contribution in [0.4, 0.5) is 0 Å². The third-order valence-electron chi connectivity index (χ3n) is 7.75. The number of carbonyl (C=O) groups is 2. The summed E-state index contributed by atoms with van der Waals surface area (Å²) in [5.74, 6) is 1.65. The van der Waals surface area contributed by atoms with E-state index in [1.54, 1.807) is 0 Å². The Labute approximate surface area is 164 Å². The van der Waals surface area contributed by atoms with Crippen LogP contribution in [0.15, 0.2) is 0 Å². The molecule has 5 nitrogen and oxygen atoms in total. The van der Waals surface area contributed by atoms with E-state index >= 15 is 0 Å². The van der Waals surface area contributed by atoms with Crippen LogP contribution in [0.5, 0.6) is 0 Å². The van der Waals surface area contributed by atoms with E-state index in [2.05, 4.69) is 10.2 Å². The van der Waals surface area contributed by atoms with Crippen molar-refractivity contribution in [2.24, 2.45) is 17.3 Å². The molecule has 152 valence electrons. The van der Waals surface area contributed by atoms with E-state index in [9.17, 15) is 9.59 Å². The molecule has 2 amide bonds. The van der Waals surface area contributed by atoms with Gasteiger partial charge in [0.05, 0.1) is 6.54 Å². The van der Waals surface area contributed by atoms with Crippen molar-refractivity contribution in [1.82, 2.24) is 15.1 Å². The van der Waals surface area contributed by atoms with Crippen LogP contribution in [-0.2, 0) is 9.59 Å². The molecule has 4 rings (SSSR count). The van der Waals surface area contributed by atoms with Gasteiger partial charge in [-0.3, -0.25) is 14.5 Å². The highest BCUT2D eigenvalue weighted by Crippen LogP contribution is 2.60. The average molecular weight is 376 g/mol. The second kappa shape index (κ2) is 8.10. The topological polar surface area (TPSA) is 52.7 Å². The lowest BCUT2D eigenvalue weighted by Crippen LogP contribution is -2.43. The molecule has 1 heterocycles. The summed E-state index contributed by atoms with van der Waals surface area (Å²) in [6.07, 6.45) is 13.6. The summed E-state index contributed by atoms with van der Waals surface area (Å²) in [6, 6.07) is 0.521. The number of nitrogens with one attached hydrogen (secondary N) is 1. The van der Waals surface area contributed by atoms with E-state index in [-0.39, 0.29) is 17.2 Å². The molecule has 1 spiro atoms. The van der Waals surface area contributed by atoms with Crippen molar-refractivity contribution in [3.05, 3.63) is 0 Å². The fourth-order valence-electron chi connectivity index (χ4n) is 5.44. The molecule has 3 saturated carbocycles. The first-order valence-corrected chi connectivity index (χ1v) is 11.3. The first-order chi connectivity index (χ1) is 13.1. The maximum Gasteiger partial charge on any atom is 0.234 e. The number of amides is 2. The molecule has 27 heavy (non-hydrogen) atoms. The predicted octanol–water partition coefficient (Wildman–Crippen LogP) is 2.80. The summed E-state index contributed by atoms with van der Waals surface area (Å²) in [6.45, 7) is 3.30. The van der Waals surface area contributed by atoms with Crippen LogP contribution >= 0.6 is 0 Å². The van der Waals surface area contributed by atoms with Gasteiger partial charge in [0.15, 0.2) is 0 Å². The van der Waals surface area contributed by atoms with E-state index in [0.717, 1.165) is 51.2 Å². The summed E-state index contributed by atoms with van der Waals surface area (Å²) in [4.78, 5) is 29.2. The van der Waals surface area contributed by atoms with Gasteiger partial charge in [0, 0.05) is 25.6 Å². The zero-order valence-corrected chi connectivity index (χ0v) is 17.0. The van der Waals surface area contributed by atoms with E-state index in [0.29, 0.717) is 18.5 Å². The third kappa shape index (κ3) is 4.67. The molecule has 4 fully saturated rings. The number of nitrogens with zero attached hydrogens (tertiary/aromatic N) is 2. The van der Waals surface area contributed by atoms with Crippen LogP contribution in [0, 0.1) is 17.3 Å². The van der Waals surface area contributed by atoms with Crippen molar-refractivity contribution < 1.29 is 9.59 Å². The lowest BCUT2D eigenvalue weighted by Gasteiger charge is -2.32. The van der Waals surface area contributed by atoms with Gasteiger partial charge in [0.25, 0.3) is 0 Å². The Morgan fingerprint density at radius 1 is 1.07 bits per heavy atom. The quantitative estimate of drug-likeness (QED) is 0.744. The first kappa shape index (κ1) is 19.2. The standard InChI is InChI=1S/C22H37N3O2/c1-24(18-7-8-18)21(27)19-15-22(19)10-13-25(14-11-22)16-20(26)23-12-9-17-5-3-2-4-6-17/h17-19H,2-16H2,1H3,(H,23,26). The smallest absolute Gasteiger partial charge is 0.234 e. The summed E-state index contributed by atoms with van der Waals surface area (Å²) >= 11 is 0. The molecule has 1 unspecified atom stereocenters. The Morgan fingerprint density at radius 2 is 1.78 bits per heavy atom. The minimum Gasteiger partial charge on any atom is -0.355 e. The first-order valence-electron chi connectivity index (χ1n) is 11.3. The van der Waals surface area contributed by atoms with Gasteiger partial charge < -0.3 is 10.2 Å². The zero-order chi connectivity index (χ0) is 18.9. The number of rotatable bonds is 7. The van der Waals surface area contributed by atoms with Crippen molar-refractivity contribution in [3.63, 3.8) is 0 Å². The minimum absolute atomic E-state index is 0.179. The highest BCUT2D eigenvalue weighted by Gasteiger charge is 2.59. The van der Waals surface area contributed by atoms with Gasteiger partial charge in [-0.2, -0.15) is 0 Å². The maximum absolute atomic E-state index is 12.6. The molecule has 0 bridgehead atoms. The molecule has 1 saturated heterocycles. The molecule has 0 aromatic rings. The van der Waals surface area contributed by atoms with Crippen molar-refractivity contribution in [1.29, 1.82) is 0 Å². The van der Waals surface area contributed by atoms with E-state index in [4.69, 9.17) is 0 Å². The Hall–Kier alpha value is -1.10. The van der Waals surface area contributed by atoms with Crippen LogP contribution < -0.4 is 5.32 Å². The Bertz CT molecular complexity index is 546. The van der Waals surface area contributed by atoms with Crippen LogP contribution in [0.3, 0.4) is 0 Å². The monoisotopic (exact) mass is 375 g/mol. The summed E-state index contributed by atoms with van der Waals surface area (Å²) in [7, 11) is 1.98. The van der Waals surface area contributed by atoms with Gasteiger partial charge in [0.1, 0.15) is 0 Å². The molecule has 1 atom stereocenters. The lowest BCUT2D eigenvalue weighted by molar-refractivity contribution is -0.133. The van der Waals surface area contributed by atoms with Crippen molar-refractivity contribution >= 4 is 11.8 Å².